The van der Waals surface area contributed by atoms with Crippen molar-refractivity contribution in [3.8, 4) is 0 Å². The third kappa shape index (κ3) is 3.51. The Morgan fingerprint density at radius 1 is 1.29 bits per heavy atom. The van der Waals surface area contributed by atoms with Crippen molar-refractivity contribution in [3.05, 3.63) is 47.8 Å². The van der Waals surface area contributed by atoms with Gasteiger partial charge in [-0.05, 0) is 30.5 Å². The molecule has 1 fully saturated rings. The first kappa shape index (κ1) is 16.7. The van der Waals surface area contributed by atoms with Gasteiger partial charge in [0.25, 0.3) is 5.91 Å². The number of benzene rings is 1. The van der Waals surface area contributed by atoms with Gasteiger partial charge < -0.3 is 5.32 Å². The van der Waals surface area contributed by atoms with E-state index in [9.17, 15) is 13.2 Å². The number of para-hydroxylation sites is 1. The Labute approximate surface area is 141 Å². The average molecular weight is 347 g/mol. The number of amides is 1. The monoisotopic (exact) mass is 347 g/mol. The van der Waals surface area contributed by atoms with Gasteiger partial charge in [-0.15, -0.1) is 0 Å². The van der Waals surface area contributed by atoms with Crippen molar-refractivity contribution in [1.29, 1.82) is 0 Å². The van der Waals surface area contributed by atoms with Crippen LogP contribution in [0.1, 0.15) is 48.4 Å². The smallest absolute Gasteiger partial charge is 0.276 e. The number of carbonyl (C=O) groups excluding carboxylic acids is 1. The zero-order chi connectivity index (χ0) is 17.3. The molecule has 0 aliphatic carbocycles. The zero-order valence-electron chi connectivity index (χ0n) is 13.8. The van der Waals surface area contributed by atoms with Gasteiger partial charge in [-0.1, -0.05) is 32.0 Å². The quantitative estimate of drug-likeness (QED) is 0.922. The molecule has 0 unspecified atom stereocenters. The summed E-state index contributed by atoms with van der Waals surface area (Å²) in [6.45, 7) is 4.02. The number of aromatic nitrogens is 2. The van der Waals surface area contributed by atoms with Gasteiger partial charge in [0.1, 0.15) is 0 Å². The highest BCUT2D eigenvalue weighted by Crippen LogP contribution is 2.28. The number of rotatable bonds is 4. The summed E-state index contributed by atoms with van der Waals surface area (Å²) >= 11 is 0. The van der Waals surface area contributed by atoms with Gasteiger partial charge in [0.05, 0.1) is 17.5 Å². The molecule has 1 aliphatic heterocycles. The first-order valence-electron chi connectivity index (χ1n) is 8.02. The molecule has 2 heterocycles. The molecule has 0 bridgehead atoms. The van der Waals surface area contributed by atoms with Crippen LogP contribution in [0, 0.1) is 0 Å². The second-order valence-electron chi connectivity index (χ2n) is 6.43. The van der Waals surface area contributed by atoms with E-state index in [-0.39, 0.29) is 29.4 Å². The van der Waals surface area contributed by atoms with E-state index in [1.807, 2.05) is 44.2 Å². The minimum Gasteiger partial charge on any atom is -0.321 e. The second kappa shape index (κ2) is 6.39. The lowest BCUT2D eigenvalue weighted by Gasteiger charge is -2.15. The van der Waals surface area contributed by atoms with Gasteiger partial charge >= 0.3 is 0 Å². The van der Waals surface area contributed by atoms with Crippen molar-refractivity contribution < 1.29 is 13.2 Å². The summed E-state index contributed by atoms with van der Waals surface area (Å²) in [5.74, 6) is 0.135. The summed E-state index contributed by atoms with van der Waals surface area (Å²) in [5.41, 5.74) is 1.90. The van der Waals surface area contributed by atoms with E-state index in [4.69, 9.17) is 0 Å². The molecule has 0 radical (unpaired) electrons. The molecule has 1 aliphatic rings. The van der Waals surface area contributed by atoms with Crippen molar-refractivity contribution in [1.82, 2.24) is 9.78 Å². The third-order valence-corrected chi connectivity index (χ3v) is 5.93. The molecule has 1 aromatic heterocycles. The maximum absolute atomic E-state index is 12.4. The molecule has 3 rings (SSSR count). The molecule has 24 heavy (non-hydrogen) atoms. The number of sulfone groups is 1. The van der Waals surface area contributed by atoms with Crippen LogP contribution in [-0.2, 0) is 9.84 Å². The molecule has 1 amide bonds. The summed E-state index contributed by atoms with van der Waals surface area (Å²) in [7, 11) is -3.01. The number of nitrogens with one attached hydrogen (secondary N) is 1. The Bertz CT molecular complexity index is 841. The standard InChI is InChI=1S/C17H21N3O3S/c1-12(2)16-10-15(17(21)18-13-6-4-3-5-7-13)19-20(16)14-8-9-24(22,23)11-14/h3-7,10,12,14H,8-9,11H2,1-2H3,(H,18,21)/t14-/m0/s1. The molecule has 128 valence electrons. The molecule has 1 aromatic carbocycles. The van der Waals surface area contributed by atoms with Crippen molar-refractivity contribution in [2.45, 2.75) is 32.2 Å². The minimum atomic E-state index is -3.01. The Balaban J connectivity index is 1.87. The van der Waals surface area contributed by atoms with Crippen molar-refractivity contribution in [2.24, 2.45) is 0 Å². The fourth-order valence-electron chi connectivity index (χ4n) is 2.93. The van der Waals surface area contributed by atoms with Gasteiger partial charge in [0.15, 0.2) is 15.5 Å². The van der Waals surface area contributed by atoms with Crippen LogP contribution in [0.4, 0.5) is 5.69 Å². The highest BCUT2D eigenvalue weighted by molar-refractivity contribution is 7.91. The van der Waals surface area contributed by atoms with Crippen LogP contribution in [0.3, 0.4) is 0 Å². The predicted octanol–water partition coefficient (Wildman–Crippen LogP) is 2.62. The predicted molar refractivity (Wildman–Crippen MR) is 93.0 cm³/mol. The van der Waals surface area contributed by atoms with Crippen molar-refractivity contribution in [3.63, 3.8) is 0 Å². The third-order valence-electron chi connectivity index (χ3n) is 4.17. The summed E-state index contributed by atoms with van der Waals surface area (Å²) < 4.78 is 25.2. The Morgan fingerprint density at radius 3 is 2.58 bits per heavy atom. The second-order valence-corrected chi connectivity index (χ2v) is 8.66. The van der Waals surface area contributed by atoms with Crippen LogP contribution in [0.25, 0.3) is 0 Å². The van der Waals surface area contributed by atoms with Gasteiger partial charge in [0, 0.05) is 11.4 Å². The molecule has 1 N–H and O–H groups in total. The molecule has 0 spiro atoms. The number of nitrogens with zero attached hydrogens (tertiary/aromatic N) is 2. The first-order chi connectivity index (χ1) is 11.4. The largest absolute Gasteiger partial charge is 0.321 e. The topological polar surface area (TPSA) is 81.1 Å². The fraction of sp³-hybridized carbons (Fsp3) is 0.412. The SMILES string of the molecule is CC(C)c1cc(C(=O)Nc2ccccc2)nn1[C@H]1CCS(=O)(=O)C1. The van der Waals surface area contributed by atoms with E-state index in [1.165, 1.54) is 0 Å². The lowest BCUT2D eigenvalue weighted by molar-refractivity contribution is 0.102. The first-order valence-corrected chi connectivity index (χ1v) is 9.84. The summed E-state index contributed by atoms with van der Waals surface area (Å²) in [4.78, 5) is 12.4. The van der Waals surface area contributed by atoms with Crippen molar-refractivity contribution >= 4 is 21.4 Å². The number of hydrogen-bond donors (Lipinski definition) is 1. The van der Waals surface area contributed by atoms with Crippen LogP contribution in [-0.4, -0.2) is 35.6 Å². The Kier molecular flexibility index (Phi) is 4.45. The summed E-state index contributed by atoms with van der Waals surface area (Å²) in [5, 5.41) is 7.23. The van der Waals surface area contributed by atoms with Crippen LogP contribution in [0.2, 0.25) is 0 Å². The minimum absolute atomic E-state index is 0.0914. The zero-order valence-corrected chi connectivity index (χ0v) is 14.6. The van der Waals surface area contributed by atoms with E-state index in [1.54, 1.807) is 10.7 Å². The Hall–Kier alpha value is -2.15. The van der Waals surface area contributed by atoms with Crippen LogP contribution in [0.15, 0.2) is 36.4 Å². The molecule has 7 heteroatoms. The summed E-state index contributed by atoms with van der Waals surface area (Å²) in [6, 6.07) is 10.7. The van der Waals surface area contributed by atoms with Gasteiger partial charge in [-0.25, -0.2) is 8.42 Å². The van der Waals surface area contributed by atoms with E-state index in [2.05, 4.69) is 10.4 Å². The molecule has 1 atom stereocenters. The average Bonchev–Trinajstić information content (AvgIpc) is 3.11. The fourth-order valence-corrected chi connectivity index (χ4v) is 4.62. The summed E-state index contributed by atoms with van der Waals surface area (Å²) in [6.07, 6.45) is 0.545. The lowest BCUT2D eigenvalue weighted by atomic mass is 10.1. The van der Waals surface area contributed by atoms with E-state index < -0.39 is 9.84 Å². The van der Waals surface area contributed by atoms with E-state index >= 15 is 0 Å². The number of hydrogen-bond acceptors (Lipinski definition) is 4. The molecule has 1 saturated heterocycles. The normalized spacial score (nSPS) is 19.5. The van der Waals surface area contributed by atoms with E-state index in [0.717, 1.165) is 5.69 Å². The van der Waals surface area contributed by atoms with Crippen LogP contribution in [0.5, 0.6) is 0 Å². The molecular weight excluding hydrogens is 326 g/mol. The maximum Gasteiger partial charge on any atom is 0.276 e. The molecular formula is C17H21N3O3S. The molecule has 0 saturated carbocycles. The highest BCUT2D eigenvalue weighted by atomic mass is 32.2. The van der Waals surface area contributed by atoms with Gasteiger partial charge in [-0.3, -0.25) is 9.48 Å². The number of anilines is 1. The van der Waals surface area contributed by atoms with Gasteiger partial charge in [0.2, 0.25) is 0 Å². The van der Waals surface area contributed by atoms with E-state index in [0.29, 0.717) is 17.8 Å². The molecule has 6 nitrogen and oxygen atoms in total. The van der Waals surface area contributed by atoms with Crippen molar-refractivity contribution in [2.75, 3.05) is 16.8 Å². The van der Waals surface area contributed by atoms with Crippen LogP contribution >= 0.6 is 0 Å². The Morgan fingerprint density at radius 2 is 2.00 bits per heavy atom. The maximum atomic E-state index is 12.4. The lowest BCUT2D eigenvalue weighted by Crippen LogP contribution is -2.17. The highest BCUT2D eigenvalue weighted by Gasteiger charge is 2.32. The molecule has 2 aromatic rings. The van der Waals surface area contributed by atoms with Gasteiger partial charge in [-0.2, -0.15) is 5.10 Å². The number of carbonyl (C=O) groups is 1. The van der Waals surface area contributed by atoms with Crippen LogP contribution < -0.4 is 5.32 Å².